The first-order valence-electron chi connectivity index (χ1n) is 15.6. The number of amidine groups is 1. The third-order valence-electron chi connectivity index (χ3n) is 8.70. The number of benzene rings is 2. The van der Waals surface area contributed by atoms with Gasteiger partial charge < -0.3 is 26.5 Å². The highest BCUT2D eigenvalue weighted by atomic mass is 35.5. The van der Waals surface area contributed by atoms with Gasteiger partial charge in [0.05, 0.1) is 22.9 Å². The van der Waals surface area contributed by atoms with Gasteiger partial charge in [0.2, 0.25) is 0 Å². The van der Waals surface area contributed by atoms with Crippen LogP contribution in [0, 0.1) is 17.1 Å². The molecular formula is C33H40ClFN8O2. The molecule has 6 rings (SSSR count). The van der Waals surface area contributed by atoms with Crippen LogP contribution >= 0.6 is 11.6 Å². The number of nitrogens with zero attached hydrogens (tertiary/aromatic N) is 3. The molecule has 1 aliphatic heterocycles. The fourth-order valence-corrected chi connectivity index (χ4v) is 6.22. The summed E-state index contributed by atoms with van der Waals surface area (Å²) in [5.74, 6) is 1.20. The van der Waals surface area contributed by atoms with Gasteiger partial charge in [0.1, 0.15) is 23.8 Å². The summed E-state index contributed by atoms with van der Waals surface area (Å²) >= 11 is 6.31. The molecule has 3 heterocycles. The van der Waals surface area contributed by atoms with E-state index in [-0.39, 0.29) is 17.6 Å². The van der Waals surface area contributed by atoms with Crippen LogP contribution in [-0.4, -0.2) is 64.1 Å². The number of H-pyrrole nitrogens is 1. The highest BCUT2D eigenvalue weighted by Crippen LogP contribution is 2.34. The van der Waals surface area contributed by atoms with Gasteiger partial charge in [0, 0.05) is 61.0 Å². The van der Waals surface area contributed by atoms with E-state index in [1.54, 1.807) is 18.3 Å². The zero-order valence-corrected chi connectivity index (χ0v) is 26.0. The predicted octanol–water partition coefficient (Wildman–Crippen LogP) is 4.34. The van der Waals surface area contributed by atoms with Gasteiger partial charge in [0.25, 0.3) is 0 Å². The van der Waals surface area contributed by atoms with Crippen molar-refractivity contribution < 1.29 is 9.13 Å². The molecule has 0 spiro atoms. The Morgan fingerprint density at radius 2 is 2.09 bits per heavy atom. The van der Waals surface area contributed by atoms with Crippen molar-refractivity contribution in [2.24, 2.45) is 17.4 Å². The van der Waals surface area contributed by atoms with Gasteiger partial charge in [0.15, 0.2) is 5.82 Å². The molecule has 1 unspecified atom stereocenters. The Bertz CT molecular complexity index is 1750. The number of aryl methyl sites for hydroxylation is 1. The third kappa shape index (κ3) is 7.38. The number of aromatic amines is 1. The molecule has 4 aromatic rings. The van der Waals surface area contributed by atoms with E-state index in [0.717, 1.165) is 62.2 Å². The fraction of sp³-hybridized carbons (Fsp3) is 0.424. The first-order chi connectivity index (χ1) is 21.8. The lowest BCUT2D eigenvalue weighted by atomic mass is 10.00. The number of aromatic nitrogens is 3. The molecule has 1 fully saturated rings. The lowest BCUT2D eigenvalue weighted by Gasteiger charge is -2.19. The minimum atomic E-state index is -0.514. The normalized spacial score (nSPS) is 15.8. The van der Waals surface area contributed by atoms with Crippen molar-refractivity contribution in [3.8, 4) is 22.7 Å². The molecule has 0 saturated heterocycles. The molecule has 7 N–H and O–H groups in total. The molecule has 2 aromatic heterocycles. The summed E-state index contributed by atoms with van der Waals surface area (Å²) in [5.41, 5.74) is 15.1. The van der Waals surface area contributed by atoms with Crippen LogP contribution < -0.4 is 27.2 Å². The van der Waals surface area contributed by atoms with Crippen molar-refractivity contribution >= 4 is 28.5 Å². The smallest absolute Gasteiger partial charge is 0.354 e. The number of hydrogen-bond acceptors (Lipinski definition) is 7. The van der Waals surface area contributed by atoms with E-state index in [1.807, 2.05) is 24.3 Å². The predicted molar refractivity (Wildman–Crippen MR) is 176 cm³/mol. The Balaban J connectivity index is 1.19. The highest BCUT2D eigenvalue weighted by molar-refractivity contribution is 6.31. The SMILES string of the molecule is N=C(CN)NCCCN1CCOc2cc(-n3cc4cc(-c5cc(CCCC(N)C6CC6)cc(Cl)c5F)[nH]c4nc3=O)ccc2C1. The number of nitrogens with two attached hydrogens (primary N) is 2. The summed E-state index contributed by atoms with van der Waals surface area (Å²) in [5, 5.41) is 11.4. The standard InChI is InChI=1S/C33H40ClFN8O2/c34-26-14-20(3-1-4-27(37)21-5-6-21)13-25(31(26)35)28-15-23-19-43(33(44)41-32(23)40-28)24-8-7-22-18-42(11-12-45-29(22)16-24)10-2-9-39-30(38)17-36/h7-8,13-16,19,21,27H,1-6,9-12,17-18,36-37H2,(H2,38,39)(H,40,41,44). The van der Waals surface area contributed by atoms with Crippen LogP contribution in [0.25, 0.3) is 28.0 Å². The topological polar surface area (TPSA) is 151 Å². The molecule has 1 atom stereocenters. The molecule has 2 aromatic carbocycles. The van der Waals surface area contributed by atoms with Gasteiger partial charge in [-0.2, -0.15) is 4.98 Å². The lowest BCUT2D eigenvalue weighted by molar-refractivity contribution is 0.224. The Kier molecular flexibility index (Phi) is 9.50. The molecule has 45 heavy (non-hydrogen) atoms. The number of rotatable bonds is 12. The molecule has 1 aliphatic carbocycles. The van der Waals surface area contributed by atoms with Crippen molar-refractivity contribution in [3.05, 3.63) is 75.0 Å². The van der Waals surface area contributed by atoms with E-state index in [2.05, 4.69) is 20.2 Å². The quantitative estimate of drug-likeness (QED) is 0.0883. The van der Waals surface area contributed by atoms with Crippen molar-refractivity contribution in [3.63, 3.8) is 0 Å². The minimum Gasteiger partial charge on any atom is -0.492 e. The van der Waals surface area contributed by atoms with E-state index in [1.165, 1.54) is 17.4 Å². The number of ether oxygens (including phenoxy) is 1. The van der Waals surface area contributed by atoms with Crippen molar-refractivity contribution in [2.45, 2.75) is 51.1 Å². The molecular weight excluding hydrogens is 595 g/mol. The number of hydrogen-bond donors (Lipinski definition) is 5. The summed E-state index contributed by atoms with van der Waals surface area (Å²) < 4.78 is 22.8. The minimum absolute atomic E-state index is 0.0625. The maximum absolute atomic E-state index is 15.2. The van der Waals surface area contributed by atoms with Crippen LogP contribution in [0.15, 0.2) is 47.4 Å². The van der Waals surface area contributed by atoms with Gasteiger partial charge in [-0.05, 0) is 74.3 Å². The highest BCUT2D eigenvalue weighted by Gasteiger charge is 2.27. The van der Waals surface area contributed by atoms with Crippen LogP contribution in [0.4, 0.5) is 4.39 Å². The van der Waals surface area contributed by atoms with Gasteiger partial charge in [-0.15, -0.1) is 0 Å². The average Bonchev–Trinajstić information content (AvgIpc) is 3.83. The summed E-state index contributed by atoms with van der Waals surface area (Å²) in [6.45, 7) is 3.78. The molecule has 12 heteroatoms. The van der Waals surface area contributed by atoms with Crippen molar-refractivity contribution in [1.82, 2.24) is 24.8 Å². The summed E-state index contributed by atoms with van der Waals surface area (Å²) in [6, 6.07) is 11.2. The molecule has 1 saturated carbocycles. The van der Waals surface area contributed by atoms with Crippen LogP contribution in [0.2, 0.25) is 5.02 Å². The summed E-state index contributed by atoms with van der Waals surface area (Å²) in [7, 11) is 0. The van der Waals surface area contributed by atoms with Crippen LogP contribution in [0.3, 0.4) is 0 Å². The molecule has 10 nitrogen and oxygen atoms in total. The Hall–Kier alpha value is -3.77. The first kappa shape index (κ1) is 31.2. The lowest BCUT2D eigenvalue weighted by Crippen LogP contribution is -2.33. The molecule has 0 radical (unpaired) electrons. The van der Waals surface area contributed by atoms with E-state index < -0.39 is 11.5 Å². The maximum atomic E-state index is 15.2. The zero-order valence-electron chi connectivity index (χ0n) is 25.3. The number of fused-ring (bicyclic) bond motifs is 2. The average molecular weight is 635 g/mol. The fourth-order valence-electron chi connectivity index (χ4n) is 5.98. The second-order valence-electron chi connectivity index (χ2n) is 12.1. The van der Waals surface area contributed by atoms with Crippen LogP contribution in [0.1, 0.15) is 43.2 Å². The first-order valence-corrected chi connectivity index (χ1v) is 16.0. The van der Waals surface area contributed by atoms with Gasteiger partial charge in [-0.25, -0.2) is 9.18 Å². The van der Waals surface area contributed by atoms with Crippen molar-refractivity contribution in [1.29, 1.82) is 5.41 Å². The Morgan fingerprint density at radius 3 is 2.89 bits per heavy atom. The number of nitrogens with one attached hydrogen (secondary N) is 3. The molecule has 2 aliphatic rings. The monoisotopic (exact) mass is 634 g/mol. The van der Waals surface area contributed by atoms with E-state index in [4.69, 9.17) is 33.2 Å². The molecule has 0 amide bonds. The van der Waals surface area contributed by atoms with E-state index in [0.29, 0.717) is 52.9 Å². The largest absolute Gasteiger partial charge is 0.492 e. The summed E-state index contributed by atoms with van der Waals surface area (Å²) in [6.07, 6.45) is 7.63. The molecule has 238 valence electrons. The second kappa shape index (κ2) is 13.7. The number of halogens is 2. The van der Waals surface area contributed by atoms with E-state index in [9.17, 15) is 4.79 Å². The Labute approximate surface area is 266 Å². The van der Waals surface area contributed by atoms with Crippen molar-refractivity contribution in [2.75, 3.05) is 32.8 Å². The Morgan fingerprint density at radius 1 is 1.24 bits per heavy atom. The maximum Gasteiger partial charge on any atom is 0.354 e. The van der Waals surface area contributed by atoms with Crippen LogP contribution in [-0.2, 0) is 13.0 Å². The summed E-state index contributed by atoms with van der Waals surface area (Å²) in [4.78, 5) is 22.8. The third-order valence-corrected chi connectivity index (χ3v) is 8.97. The zero-order chi connectivity index (χ0) is 31.5. The van der Waals surface area contributed by atoms with Crippen LogP contribution in [0.5, 0.6) is 5.75 Å². The second-order valence-corrected chi connectivity index (χ2v) is 12.5. The molecule has 0 bridgehead atoms. The van der Waals surface area contributed by atoms with E-state index >= 15 is 4.39 Å². The van der Waals surface area contributed by atoms with Gasteiger partial charge in [-0.3, -0.25) is 14.9 Å². The van der Waals surface area contributed by atoms with Gasteiger partial charge >= 0.3 is 5.69 Å². The van der Waals surface area contributed by atoms with Gasteiger partial charge in [-0.1, -0.05) is 17.7 Å².